The minimum absolute atomic E-state index is 0. The molecule has 0 bridgehead atoms. The van der Waals surface area contributed by atoms with Crippen LogP contribution in [0, 0.1) is 0 Å². The van der Waals surface area contributed by atoms with E-state index < -0.39 is 5.54 Å². The number of benzene rings is 1. The zero-order valence-corrected chi connectivity index (χ0v) is 13.1. The smallest absolute Gasteiger partial charge is 0.240 e. The highest BCUT2D eigenvalue weighted by Crippen LogP contribution is 2.17. The van der Waals surface area contributed by atoms with Crippen molar-refractivity contribution in [3.63, 3.8) is 0 Å². The summed E-state index contributed by atoms with van der Waals surface area (Å²) in [6.07, 6.45) is 1.56. The van der Waals surface area contributed by atoms with Crippen LogP contribution in [-0.2, 0) is 4.79 Å². The number of hydrogen-bond acceptors (Lipinski definition) is 2. The quantitative estimate of drug-likeness (QED) is 0.875. The summed E-state index contributed by atoms with van der Waals surface area (Å²) in [5.41, 5.74) is 6.19. The van der Waals surface area contributed by atoms with Crippen LogP contribution in [0.25, 0.3) is 0 Å². The molecule has 0 radical (unpaired) electrons. The summed E-state index contributed by atoms with van der Waals surface area (Å²) in [5, 5.41) is 3.62. The molecule has 108 valence electrons. The number of carbonyl (C=O) groups is 1. The second-order valence-electron chi connectivity index (χ2n) is 4.91. The number of carbonyl (C=O) groups excluding carboxylic acids is 1. The first kappa shape index (κ1) is 18.2. The minimum Gasteiger partial charge on any atom is -0.348 e. The van der Waals surface area contributed by atoms with Gasteiger partial charge in [-0.05, 0) is 38.0 Å². The van der Waals surface area contributed by atoms with Crippen molar-refractivity contribution >= 4 is 29.9 Å². The summed E-state index contributed by atoms with van der Waals surface area (Å²) in [6, 6.07) is 7.36. The molecule has 3 nitrogen and oxygen atoms in total. The van der Waals surface area contributed by atoms with E-state index in [0.29, 0.717) is 11.4 Å². The van der Waals surface area contributed by atoms with Gasteiger partial charge in [0.1, 0.15) is 0 Å². The van der Waals surface area contributed by atoms with Crippen molar-refractivity contribution in [1.29, 1.82) is 0 Å². The molecule has 1 amide bonds. The SMILES string of the molecule is CCCC(C)(N)C(=O)NC(C)c1ccc(Cl)cc1.Cl. The van der Waals surface area contributed by atoms with Crippen molar-refractivity contribution < 1.29 is 4.79 Å². The van der Waals surface area contributed by atoms with Gasteiger partial charge in [0.2, 0.25) is 5.91 Å². The van der Waals surface area contributed by atoms with E-state index >= 15 is 0 Å². The van der Waals surface area contributed by atoms with E-state index in [1.807, 2.05) is 38.1 Å². The van der Waals surface area contributed by atoms with E-state index in [0.717, 1.165) is 12.0 Å². The van der Waals surface area contributed by atoms with Crippen molar-refractivity contribution in [2.75, 3.05) is 0 Å². The van der Waals surface area contributed by atoms with Gasteiger partial charge in [0.25, 0.3) is 0 Å². The first-order chi connectivity index (χ1) is 8.36. The van der Waals surface area contributed by atoms with Gasteiger partial charge in [-0.1, -0.05) is 37.1 Å². The Labute approximate surface area is 126 Å². The summed E-state index contributed by atoms with van der Waals surface area (Å²) in [6.45, 7) is 5.71. The number of halogens is 2. The Hall–Kier alpha value is -0.770. The highest BCUT2D eigenvalue weighted by molar-refractivity contribution is 6.30. The summed E-state index contributed by atoms with van der Waals surface area (Å²) in [7, 11) is 0. The fourth-order valence-corrected chi connectivity index (χ4v) is 1.96. The largest absolute Gasteiger partial charge is 0.348 e. The third-order valence-electron chi connectivity index (χ3n) is 3.01. The summed E-state index contributed by atoms with van der Waals surface area (Å²) in [5.74, 6) is -0.119. The number of rotatable bonds is 5. The molecule has 2 unspecified atom stereocenters. The maximum atomic E-state index is 12.0. The molecule has 0 fully saturated rings. The molecule has 0 aromatic heterocycles. The second-order valence-corrected chi connectivity index (χ2v) is 5.35. The van der Waals surface area contributed by atoms with Crippen molar-refractivity contribution in [3.05, 3.63) is 34.9 Å². The van der Waals surface area contributed by atoms with E-state index in [1.54, 1.807) is 6.92 Å². The molecule has 2 atom stereocenters. The first-order valence-electron chi connectivity index (χ1n) is 6.22. The van der Waals surface area contributed by atoms with Crippen LogP contribution in [0.15, 0.2) is 24.3 Å². The first-order valence-corrected chi connectivity index (χ1v) is 6.60. The number of amides is 1. The molecule has 0 spiro atoms. The van der Waals surface area contributed by atoms with Gasteiger partial charge in [-0.2, -0.15) is 0 Å². The van der Waals surface area contributed by atoms with E-state index in [4.69, 9.17) is 17.3 Å². The average Bonchev–Trinajstić information content (AvgIpc) is 2.29. The molecule has 0 aliphatic rings. The van der Waals surface area contributed by atoms with Crippen LogP contribution in [0.1, 0.15) is 45.2 Å². The van der Waals surface area contributed by atoms with E-state index in [1.165, 1.54) is 0 Å². The number of nitrogens with two attached hydrogens (primary N) is 1. The molecular weight excluding hydrogens is 283 g/mol. The molecule has 19 heavy (non-hydrogen) atoms. The summed E-state index contributed by atoms with van der Waals surface area (Å²) >= 11 is 5.83. The van der Waals surface area contributed by atoms with E-state index in [2.05, 4.69) is 5.32 Å². The average molecular weight is 305 g/mol. The second kappa shape index (κ2) is 7.73. The molecule has 0 heterocycles. The van der Waals surface area contributed by atoms with E-state index in [-0.39, 0.29) is 24.4 Å². The Bertz CT molecular complexity index is 404. The Balaban J connectivity index is 0.00000324. The molecule has 0 aliphatic heterocycles. The molecule has 3 N–H and O–H groups in total. The predicted octanol–water partition coefficient (Wildman–Crippen LogP) is 3.46. The van der Waals surface area contributed by atoms with Crippen molar-refractivity contribution in [1.82, 2.24) is 5.32 Å². The lowest BCUT2D eigenvalue weighted by atomic mass is 9.95. The lowest BCUT2D eigenvalue weighted by molar-refractivity contribution is -0.126. The van der Waals surface area contributed by atoms with Gasteiger partial charge in [-0.15, -0.1) is 12.4 Å². The van der Waals surface area contributed by atoms with Gasteiger partial charge >= 0.3 is 0 Å². The van der Waals surface area contributed by atoms with Crippen molar-refractivity contribution in [2.45, 2.75) is 45.2 Å². The molecule has 0 saturated heterocycles. The molecule has 1 aromatic rings. The van der Waals surface area contributed by atoms with Crippen LogP contribution in [-0.4, -0.2) is 11.4 Å². The van der Waals surface area contributed by atoms with Crippen LogP contribution >= 0.6 is 24.0 Å². The molecule has 0 aliphatic carbocycles. The van der Waals surface area contributed by atoms with Gasteiger partial charge in [0.15, 0.2) is 0 Å². The third kappa shape index (κ3) is 5.39. The fraction of sp³-hybridized carbons (Fsp3) is 0.500. The molecular formula is C14H22Cl2N2O. The predicted molar refractivity (Wildman–Crippen MR) is 82.8 cm³/mol. The van der Waals surface area contributed by atoms with Crippen LogP contribution in [0.2, 0.25) is 5.02 Å². The maximum Gasteiger partial charge on any atom is 0.240 e. The van der Waals surface area contributed by atoms with Gasteiger partial charge in [0, 0.05) is 5.02 Å². The minimum atomic E-state index is -0.810. The van der Waals surface area contributed by atoms with Crippen LogP contribution in [0.4, 0.5) is 0 Å². The molecule has 5 heteroatoms. The Morgan fingerprint density at radius 3 is 2.42 bits per heavy atom. The normalized spacial score (nSPS) is 15.0. The lowest BCUT2D eigenvalue weighted by Crippen LogP contribution is -2.51. The highest BCUT2D eigenvalue weighted by Gasteiger charge is 2.28. The third-order valence-corrected chi connectivity index (χ3v) is 3.26. The van der Waals surface area contributed by atoms with Crippen molar-refractivity contribution in [3.8, 4) is 0 Å². The summed E-state index contributed by atoms with van der Waals surface area (Å²) < 4.78 is 0. The standard InChI is InChI=1S/C14H21ClN2O.ClH/c1-4-9-14(3,16)13(18)17-10(2)11-5-7-12(15)8-6-11;/h5-8,10H,4,9,16H2,1-3H3,(H,17,18);1H. The lowest BCUT2D eigenvalue weighted by Gasteiger charge is -2.25. The van der Waals surface area contributed by atoms with Gasteiger partial charge in [0.05, 0.1) is 11.6 Å². The molecule has 1 rings (SSSR count). The van der Waals surface area contributed by atoms with Crippen molar-refractivity contribution in [2.24, 2.45) is 5.73 Å². The summed E-state index contributed by atoms with van der Waals surface area (Å²) in [4.78, 5) is 12.0. The number of hydrogen-bond donors (Lipinski definition) is 2. The topological polar surface area (TPSA) is 55.1 Å². The van der Waals surface area contributed by atoms with Crippen LogP contribution < -0.4 is 11.1 Å². The Morgan fingerprint density at radius 1 is 1.42 bits per heavy atom. The maximum absolute atomic E-state index is 12.0. The highest BCUT2D eigenvalue weighted by atomic mass is 35.5. The molecule has 0 saturated carbocycles. The number of nitrogens with one attached hydrogen (secondary N) is 1. The monoisotopic (exact) mass is 304 g/mol. The fourth-order valence-electron chi connectivity index (χ4n) is 1.83. The Kier molecular flexibility index (Phi) is 7.42. The van der Waals surface area contributed by atoms with Crippen LogP contribution in [0.5, 0.6) is 0 Å². The van der Waals surface area contributed by atoms with E-state index in [9.17, 15) is 4.79 Å². The van der Waals surface area contributed by atoms with Gasteiger partial charge < -0.3 is 11.1 Å². The zero-order valence-electron chi connectivity index (χ0n) is 11.6. The van der Waals surface area contributed by atoms with Gasteiger partial charge in [-0.25, -0.2) is 0 Å². The van der Waals surface area contributed by atoms with Crippen LogP contribution in [0.3, 0.4) is 0 Å². The Morgan fingerprint density at radius 2 is 1.95 bits per heavy atom. The molecule has 1 aromatic carbocycles. The zero-order chi connectivity index (χ0) is 13.8. The van der Waals surface area contributed by atoms with Gasteiger partial charge in [-0.3, -0.25) is 4.79 Å².